The molecule has 0 unspecified atom stereocenters. The largest absolute Gasteiger partial charge is 0.310 e. The summed E-state index contributed by atoms with van der Waals surface area (Å²) in [6, 6.07) is 17.4. The van der Waals surface area contributed by atoms with Crippen LogP contribution in [0.3, 0.4) is 0 Å². The molecule has 6 heteroatoms. The molecule has 0 radical (unpaired) electrons. The predicted octanol–water partition coefficient (Wildman–Crippen LogP) is 4.30. The highest BCUT2D eigenvalue weighted by Crippen LogP contribution is 2.26. The summed E-state index contributed by atoms with van der Waals surface area (Å²) in [5.74, 6) is 0.882. The minimum absolute atomic E-state index is 0.0850. The van der Waals surface area contributed by atoms with Crippen molar-refractivity contribution >= 4 is 23.5 Å². The molecule has 0 atom stereocenters. The van der Waals surface area contributed by atoms with Gasteiger partial charge in [0, 0.05) is 17.7 Å². The van der Waals surface area contributed by atoms with Gasteiger partial charge < -0.3 is 5.32 Å². The number of amides is 1. The summed E-state index contributed by atoms with van der Waals surface area (Å²) in [7, 11) is 0. The van der Waals surface area contributed by atoms with E-state index in [0.29, 0.717) is 11.6 Å². The Morgan fingerprint density at radius 3 is 2.50 bits per heavy atom. The Morgan fingerprint density at radius 2 is 1.85 bits per heavy atom. The minimum Gasteiger partial charge on any atom is -0.310 e. The van der Waals surface area contributed by atoms with E-state index >= 15 is 0 Å². The summed E-state index contributed by atoms with van der Waals surface area (Å²) < 4.78 is 1.78. The number of nitrogens with one attached hydrogen (secondary N) is 1. The highest BCUT2D eigenvalue weighted by molar-refractivity contribution is 7.99. The average Bonchev–Trinajstić information content (AvgIpc) is 3.06. The molecule has 0 aliphatic heterocycles. The quantitative estimate of drug-likeness (QED) is 0.684. The van der Waals surface area contributed by atoms with E-state index in [-0.39, 0.29) is 11.3 Å². The Kier molecular flexibility index (Phi) is 5.42. The van der Waals surface area contributed by atoms with E-state index in [1.165, 1.54) is 11.8 Å². The number of para-hydroxylation sites is 1. The number of hydrogen-bond acceptors (Lipinski definition) is 4. The van der Waals surface area contributed by atoms with Gasteiger partial charge in [-0.1, -0.05) is 56.8 Å². The van der Waals surface area contributed by atoms with Crippen molar-refractivity contribution in [1.82, 2.24) is 14.8 Å². The number of rotatable bonds is 5. The molecule has 3 aromatic rings. The van der Waals surface area contributed by atoms with Gasteiger partial charge in [-0.25, -0.2) is 9.67 Å². The Hall–Kier alpha value is -2.60. The van der Waals surface area contributed by atoms with Crippen LogP contribution in [0.15, 0.2) is 65.8 Å². The lowest BCUT2D eigenvalue weighted by Gasteiger charge is -2.14. The van der Waals surface area contributed by atoms with Gasteiger partial charge in [0.2, 0.25) is 5.91 Å². The second kappa shape index (κ2) is 7.74. The van der Waals surface area contributed by atoms with Crippen molar-refractivity contribution < 1.29 is 4.79 Å². The first-order chi connectivity index (χ1) is 12.4. The van der Waals surface area contributed by atoms with E-state index in [1.54, 1.807) is 10.9 Å². The van der Waals surface area contributed by atoms with Gasteiger partial charge in [-0.3, -0.25) is 4.79 Å². The summed E-state index contributed by atoms with van der Waals surface area (Å²) in [6.07, 6.45) is 1.72. The molecule has 0 aliphatic carbocycles. The van der Waals surface area contributed by atoms with Crippen molar-refractivity contribution in [2.45, 2.75) is 31.2 Å². The molecule has 1 N–H and O–H groups in total. The minimum atomic E-state index is -0.109. The van der Waals surface area contributed by atoms with Crippen LogP contribution >= 0.6 is 11.8 Å². The number of carbonyl (C=O) groups is 1. The van der Waals surface area contributed by atoms with Gasteiger partial charge in [-0.15, -0.1) is 0 Å². The van der Waals surface area contributed by atoms with Crippen LogP contribution < -0.4 is 5.32 Å². The lowest BCUT2D eigenvalue weighted by molar-refractivity contribution is -0.113. The molecule has 1 aromatic carbocycles. The number of anilines is 1. The summed E-state index contributed by atoms with van der Waals surface area (Å²) >= 11 is 1.41. The van der Waals surface area contributed by atoms with Crippen molar-refractivity contribution in [1.29, 1.82) is 0 Å². The van der Waals surface area contributed by atoms with E-state index in [1.807, 2.05) is 54.6 Å². The zero-order chi connectivity index (χ0) is 18.6. The van der Waals surface area contributed by atoms with Gasteiger partial charge in [0.15, 0.2) is 0 Å². The molecule has 0 fully saturated rings. The summed E-state index contributed by atoms with van der Waals surface area (Å²) in [4.78, 5) is 16.7. The Morgan fingerprint density at radius 1 is 1.12 bits per heavy atom. The molecule has 2 heterocycles. The highest BCUT2D eigenvalue weighted by Gasteiger charge is 2.21. The third-order valence-corrected chi connectivity index (χ3v) is 4.68. The summed E-state index contributed by atoms with van der Waals surface area (Å²) in [6.45, 7) is 6.31. The third-order valence-electron chi connectivity index (χ3n) is 3.73. The molecular weight excluding hydrogens is 344 g/mol. The number of thioether (sulfide) groups is 1. The number of nitrogens with zero attached hydrogens (tertiary/aromatic N) is 3. The molecular formula is C20H22N4OS. The molecule has 5 nitrogen and oxygen atoms in total. The van der Waals surface area contributed by atoms with Crippen molar-refractivity contribution in [3.63, 3.8) is 0 Å². The maximum atomic E-state index is 12.4. The Bertz CT molecular complexity index is 870. The van der Waals surface area contributed by atoms with Gasteiger partial charge in [0.25, 0.3) is 0 Å². The predicted molar refractivity (Wildman–Crippen MR) is 106 cm³/mol. The Labute approximate surface area is 157 Å². The second-order valence-corrected chi connectivity index (χ2v) is 7.91. The van der Waals surface area contributed by atoms with Gasteiger partial charge in [-0.2, -0.15) is 5.10 Å². The molecule has 2 aromatic heterocycles. The number of aromatic nitrogens is 3. The van der Waals surface area contributed by atoms with E-state index in [4.69, 9.17) is 5.10 Å². The normalized spacial score (nSPS) is 11.3. The molecule has 0 aliphatic rings. The van der Waals surface area contributed by atoms with Crippen LogP contribution in [0.2, 0.25) is 0 Å². The topological polar surface area (TPSA) is 59.8 Å². The van der Waals surface area contributed by atoms with Crippen LogP contribution in [0.1, 0.15) is 26.5 Å². The third kappa shape index (κ3) is 4.52. The zero-order valence-corrected chi connectivity index (χ0v) is 16.0. The number of carbonyl (C=O) groups excluding carboxylic acids is 1. The van der Waals surface area contributed by atoms with Gasteiger partial charge in [0.05, 0.1) is 22.2 Å². The smallest absolute Gasteiger partial charge is 0.235 e. The fourth-order valence-corrected chi connectivity index (χ4v) is 3.01. The van der Waals surface area contributed by atoms with Crippen LogP contribution in [-0.4, -0.2) is 26.4 Å². The zero-order valence-electron chi connectivity index (χ0n) is 15.1. The lowest BCUT2D eigenvalue weighted by atomic mass is 9.92. The molecule has 0 bridgehead atoms. The first-order valence-electron chi connectivity index (χ1n) is 8.43. The van der Waals surface area contributed by atoms with Gasteiger partial charge in [0.1, 0.15) is 5.82 Å². The van der Waals surface area contributed by atoms with Crippen molar-refractivity contribution in [2.75, 3.05) is 11.1 Å². The van der Waals surface area contributed by atoms with Crippen molar-refractivity contribution in [3.05, 3.63) is 66.5 Å². The number of hydrogen-bond donors (Lipinski definition) is 1. The van der Waals surface area contributed by atoms with E-state index in [9.17, 15) is 4.79 Å². The van der Waals surface area contributed by atoms with E-state index < -0.39 is 0 Å². The van der Waals surface area contributed by atoms with Crippen LogP contribution in [0.4, 0.5) is 5.82 Å². The maximum Gasteiger partial charge on any atom is 0.235 e. The summed E-state index contributed by atoms with van der Waals surface area (Å²) in [5.41, 5.74) is 1.73. The molecule has 0 saturated carbocycles. The fraction of sp³-hybridized carbons (Fsp3) is 0.250. The number of pyridine rings is 1. The highest BCUT2D eigenvalue weighted by atomic mass is 32.2. The number of benzene rings is 1. The Balaban J connectivity index is 1.79. The van der Waals surface area contributed by atoms with Crippen LogP contribution in [0, 0.1) is 0 Å². The van der Waals surface area contributed by atoms with Crippen LogP contribution in [-0.2, 0) is 10.2 Å². The molecule has 0 spiro atoms. The van der Waals surface area contributed by atoms with Crippen LogP contribution in [0.5, 0.6) is 0 Å². The average molecular weight is 366 g/mol. The molecule has 26 heavy (non-hydrogen) atoms. The first-order valence-corrected chi connectivity index (χ1v) is 9.42. The summed E-state index contributed by atoms with van der Waals surface area (Å²) in [5, 5.41) is 8.52. The van der Waals surface area contributed by atoms with Crippen molar-refractivity contribution in [2.24, 2.45) is 0 Å². The maximum absolute atomic E-state index is 12.4. The standard InChI is InChI=1S/C20H22N4OS/c1-20(2,3)16-13-17(24(23-16)15-9-5-4-6-10-15)22-18(25)14-26-19-11-7-8-12-21-19/h4-13H,14H2,1-3H3,(H,22,25). The molecule has 3 rings (SSSR count). The molecule has 1 amide bonds. The molecule has 134 valence electrons. The van der Waals surface area contributed by atoms with E-state index in [2.05, 4.69) is 31.1 Å². The fourth-order valence-electron chi connectivity index (χ4n) is 2.35. The second-order valence-electron chi connectivity index (χ2n) is 6.92. The van der Waals surface area contributed by atoms with Gasteiger partial charge in [-0.05, 0) is 24.3 Å². The molecule has 0 saturated heterocycles. The lowest BCUT2D eigenvalue weighted by Crippen LogP contribution is -2.17. The van der Waals surface area contributed by atoms with E-state index in [0.717, 1.165) is 16.4 Å². The van der Waals surface area contributed by atoms with Crippen LogP contribution in [0.25, 0.3) is 5.69 Å². The SMILES string of the molecule is CC(C)(C)c1cc(NC(=O)CSc2ccccn2)n(-c2ccccc2)n1. The monoisotopic (exact) mass is 366 g/mol. The van der Waals surface area contributed by atoms with Gasteiger partial charge >= 0.3 is 0 Å². The first kappa shape index (κ1) is 18.2. The van der Waals surface area contributed by atoms with Crippen molar-refractivity contribution in [3.8, 4) is 5.69 Å².